The highest BCUT2D eigenvalue weighted by atomic mass is 32.2. The van der Waals surface area contributed by atoms with E-state index in [1.807, 2.05) is 28.8 Å². The minimum atomic E-state index is -3.52. The molecule has 0 spiro atoms. The Balaban J connectivity index is 2.20. The largest absolute Gasteiger partial charge is 0.312 e. The molecule has 0 N–H and O–H groups in total. The monoisotopic (exact) mass is 372 g/mol. The number of nitrogens with zero attached hydrogens (tertiary/aromatic N) is 2. The van der Waals surface area contributed by atoms with Gasteiger partial charge in [-0.2, -0.15) is 4.99 Å². The van der Waals surface area contributed by atoms with Gasteiger partial charge in [0.25, 0.3) is 5.91 Å². The first-order valence-electron chi connectivity index (χ1n) is 7.49. The Labute approximate surface area is 149 Å². The molecule has 2 aromatic carbocycles. The molecule has 7 heteroatoms. The quantitative estimate of drug-likeness (QED) is 0.661. The molecule has 0 atom stereocenters. The third kappa shape index (κ3) is 3.47. The third-order valence-corrected chi connectivity index (χ3v) is 5.83. The highest BCUT2D eigenvalue weighted by Gasteiger charge is 2.18. The molecule has 0 aliphatic carbocycles. The van der Waals surface area contributed by atoms with Crippen LogP contribution in [0.1, 0.15) is 10.4 Å². The van der Waals surface area contributed by atoms with Crippen LogP contribution in [0.4, 0.5) is 0 Å². The minimum absolute atomic E-state index is 0.0138. The first-order valence-corrected chi connectivity index (χ1v) is 10.2. The van der Waals surface area contributed by atoms with Crippen molar-refractivity contribution in [3.63, 3.8) is 0 Å². The molecule has 0 aliphatic rings. The lowest BCUT2D eigenvalue weighted by molar-refractivity contribution is 0.0994. The number of benzene rings is 2. The molecular weight excluding hydrogens is 356 g/mol. The number of carbonyl (C=O) groups excluding carboxylic acids is 1. The van der Waals surface area contributed by atoms with Crippen molar-refractivity contribution in [3.8, 4) is 0 Å². The van der Waals surface area contributed by atoms with E-state index < -0.39 is 15.7 Å². The molecule has 1 heterocycles. The zero-order valence-corrected chi connectivity index (χ0v) is 15.2. The van der Waals surface area contributed by atoms with Gasteiger partial charge in [-0.15, -0.1) is 6.58 Å². The van der Waals surface area contributed by atoms with E-state index in [9.17, 15) is 13.2 Å². The van der Waals surface area contributed by atoms with Gasteiger partial charge in [0, 0.05) is 12.8 Å². The summed E-state index contributed by atoms with van der Waals surface area (Å²) in [6.45, 7) is 4.25. The predicted octanol–water partition coefficient (Wildman–Crippen LogP) is 3.03. The molecule has 1 aromatic heterocycles. The van der Waals surface area contributed by atoms with Crippen molar-refractivity contribution in [2.24, 2.45) is 4.99 Å². The van der Waals surface area contributed by atoms with Crippen LogP contribution in [0.2, 0.25) is 0 Å². The Bertz CT molecular complexity index is 1140. The number of fused-ring (bicyclic) bond motifs is 1. The van der Waals surface area contributed by atoms with E-state index in [1.165, 1.54) is 23.5 Å². The van der Waals surface area contributed by atoms with E-state index in [0.717, 1.165) is 16.5 Å². The maximum atomic E-state index is 12.7. The Morgan fingerprint density at radius 2 is 1.88 bits per heavy atom. The SMILES string of the molecule is C=CCn1c(=NC(=O)c2ccccc2S(C)(=O)=O)sc2ccccc21. The predicted molar refractivity (Wildman–Crippen MR) is 99.5 cm³/mol. The lowest BCUT2D eigenvalue weighted by atomic mass is 10.2. The van der Waals surface area contributed by atoms with Crippen molar-refractivity contribution in [1.82, 2.24) is 4.57 Å². The number of hydrogen-bond donors (Lipinski definition) is 0. The van der Waals surface area contributed by atoms with E-state index in [-0.39, 0.29) is 10.5 Å². The fourth-order valence-electron chi connectivity index (χ4n) is 2.53. The maximum absolute atomic E-state index is 12.7. The van der Waals surface area contributed by atoms with Crippen molar-refractivity contribution in [1.29, 1.82) is 0 Å². The standard InChI is InChI=1S/C18H16N2O3S2/c1-3-12-20-14-9-5-6-10-15(14)24-18(20)19-17(21)13-8-4-7-11-16(13)25(2,22)23/h3-11H,1,12H2,2H3. The van der Waals surface area contributed by atoms with Crippen molar-refractivity contribution >= 4 is 37.3 Å². The van der Waals surface area contributed by atoms with Crippen molar-refractivity contribution in [2.45, 2.75) is 11.4 Å². The molecule has 0 unspecified atom stereocenters. The van der Waals surface area contributed by atoms with Crippen molar-refractivity contribution in [2.75, 3.05) is 6.26 Å². The van der Waals surface area contributed by atoms with E-state index in [4.69, 9.17) is 0 Å². The highest BCUT2D eigenvalue weighted by molar-refractivity contribution is 7.90. The molecule has 0 radical (unpaired) electrons. The number of rotatable bonds is 4. The fraction of sp³-hybridized carbons (Fsp3) is 0.111. The van der Waals surface area contributed by atoms with Crippen LogP contribution >= 0.6 is 11.3 Å². The minimum Gasteiger partial charge on any atom is -0.312 e. The van der Waals surface area contributed by atoms with Gasteiger partial charge in [0.15, 0.2) is 14.6 Å². The molecule has 0 bridgehead atoms. The van der Waals surface area contributed by atoms with E-state index in [0.29, 0.717) is 11.3 Å². The number of amides is 1. The summed E-state index contributed by atoms with van der Waals surface area (Å²) in [4.78, 5) is 17.3. The molecule has 5 nitrogen and oxygen atoms in total. The molecule has 0 fully saturated rings. The van der Waals surface area contributed by atoms with Crippen LogP contribution in [-0.4, -0.2) is 25.1 Å². The molecule has 3 aromatic rings. The van der Waals surface area contributed by atoms with Crippen LogP contribution in [0.5, 0.6) is 0 Å². The Morgan fingerprint density at radius 3 is 2.60 bits per heavy atom. The number of para-hydroxylation sites is 1. The molecule has 25 heavy (non-hydrogen) atoms. The number of thiazole rings is 1. The van der Waals surface area contributed by atoms with Gasteiger partial charge in [-0.3, -0.25) is 4.79 Å². The van der Waals surface area contributed by atoms with E-state index in [2.05, 4.69) is 11.6 Å². The second-order valence-corrected chi connectivity index (χ2v) is 8.43. The smallest absolute Gasteiger partial charge is 0.280 e. The first kappa shape index (κ1) is 17.3. The molecule has 0 aliphatic heterocycles. The molecule has 128 valence electrons. The summed E-state index contributed by atoms with van der Waals surface area (Å²) in [6.07, 6.45) is 2.81. The van der Waals surface area contributed by atoms with Crippen molar-refractivity contribution in [3.05, 3.63) is 71.6 Å². The zero-order chi connectivity index (χ0) is 18.0. The highest BCUT2D eigenvalue weighted by Crippen LogP contribution is 2.18. The van der Waals surface area contributed by atoms with Crippen LogP contribution in [0.25, 0.3) is 10.2 Å². The molecular formula is C18H16N2O3S2. The molecule has 0 saturated heterocycles. The number of sulfone groups is 1. The fourth-order valence-corrected chi connectivity index (χ4v) is 4.44. The third-order valence-electron chi connectivity index (χ3n) is 3.61. The number of aromatic nitrogens is 1. The summed E-state index contributed by atoms with van der Waals surface area (Å²) in [5.41, 5.74) is 1.03. The van der Waals surface area contributed by atoms with Gasteiger partial charge in [0.05, 0.1) is 20.7 Å². The molecule has 1 amide bonds. The Morgan fingerprint density at radius 1 is 1.20 bits per heavy atom. The van der Waals surface area contributed by atoms with Crippen LogP contribution in [0.3, 0.4) is 0 Å². The Hall–Kier alpha value is -2.51. The summed E-state index contributed by atoms with van der Waals surface area (Å²) >= 11 is 1.38. The van der Waals surface area contributed by atoms with Gasteiger partial charge in [-0.25, -0.2) is 8.42 Å². The number of hydrogen-bond acceptors (Lipinski definition) is 4. The van der Waals surface area contributed by atoms with Gasteiger partial charge in [-0.05, 0) is 24.3 Å². The van der Waals surface area contributed by atoms with E-state index >= 15 is 0 Å². The number of carbonyl (C=O) groups is 1. The summed E-state index contributed by atoms with van der Waals surface area (Å²) in [5.74, 6) is -0.578. The van der Waals surface area contributed by atoms with Gasteiger partial charge in [0.1, 0.15) is 0 Å². The first-order chi connectivity index (χ1) is 11.9. The van der Waals surface area contributed by atoms with Crippen LogP contribution in [-0.2, 0) is 16.4 Å². The second-order valence-electron chi connectivity index (χ2n) is 5.44. The summed E-state index contributed by atoms with van der Waals surface area (Å²) in [5, 5.41) is 0. The average Bonchev–Trinajstić information content (AvgIpc) is 2.92. The summed E-state index contributed by atoms with van der Waals surface area (Å²) in [7, 11) is -3.52. The second kappa shape index (κ2) is 6.78. The van der Waals surface area contributed by atoms with Gasteiger partial charge in [0.2, 0.25) is 0 Å². The topological polar surface area (TPSA) is 68.5 Å². The average molecular weight is 372 g/mol. The zero-order valence-electron chi connectivity index (χ0n) is 13.5. The van der Waals surface area contributed by atoms with E-state index in [1.54, 1.807) is 18.2 Å². The van der Waals surface area contributed by atoms with Gasteiger partial charge >= 0.3 is 0 Å². The lowest BCUT2D eigenvalue weighted by Crippen LogP contribution is -2.17. The maximum Gasteiger partial charge on any atom is 0.280 e. The molecule has 0 saturated carbocycles. The molecule has 3 rings (SSSR count). The Kier molecular flexibility index (Phi) is 4.69. The van der Waals surface area contributed by atoms with Crippen molar-refractivity contribution < 1.29 is 13.2 Å². The van der Waals surface area contributed by atoms with Crippen LogP contribution in [0.15, 0.2) is 71.1 Å². The summed E-state index contributed by atoms with van der Waals surface area (Å²) < 4.78 is 26.7. The normalized spacial score (nSPS) is 12.4. The lowest BCUT2D eigenvalue weighted by Gasteiger charge is -2.04. The van der Waals surface area contributed by atoms with Crippen LogP contribution < -0.4 is 4.80 Å². The van der Waals surface area contributed by atoms with Crippen LogP contribution in [0, 0.1) is 0 Å². The van der Waals surface area contributed by atoms with Gasteiger partial charge in [-0.1, -0.05) is 41.7 Å². The summed E-state index contributed by atoms with van der Waals surface area (Å²) in [6, 6.07) is 13.8. The number of allylic oxidation sites excluding steroid dienone is 1. The van der Waals surface area contributed by atoms with Gasteiger partial charge < -0.3 is 4.57 Å².